The topological polar surface area (TPSA) is 184 Å². The molecule has 2 saturated carbocycles. The summed E-state index contributed by atoms with van der Waals surface area (Å²) < 4.78 is 41.0. The minimum absolute atomic E-state index is 0.0474. The van der Waals surface area contributed by atoms with Crippen molar-refractivity contribution in [2.45, 2.75) is 75.6 Å². The molecule has 0 bridgehead atoms. The van der Waals surface area contributed by atoms with Gasteiger partial charge in [0.05, 0.1) is 37.5 Å². The maximum absolute atomic E-state index is 13.6. The number of pyridine rings is 2. The van der Waals surface area contributed by atoms with Gasteiger partial charge in [-0.15, -0.1) is 0 Å². The molecule has 42 heavy (non-hydrogen) atoms. The van der Waals surface area contributed by atoms with Crippen molar-refractivity contribution in [3.8, 4) is 0 Å². The van der Waals surface area contributed by atoms with E-state index in [1.807, 2.05) is 0 Å². The van der Waals surface area contributed by atoms with E-state index in [0.29, 0.717) is 46.4 Å². The van der Waals surface area contributed by atoms with E-state index in [9.17, 15) is 19.5 Å². The van der Waals surface area contributed by atoms with Crippen molar-refractivity contribution < 1.29 is 24.9 Å². The van der Waals surface area contributed by atoms with Crippen LogP contribution in [0.15, 0.2) is 29.2 Å². The average Bonchev–Trinajstić information content (AvgIpc) is 3.58. The van der Waals surface area contributed by atoms with Gasteiger partial charge in [-0.2, -0.15) is 5.10 Å². The number of alkyl carbamates (subject to hydrolysis) is 1. The largest absolute Gasteiger partial charge is 0.453 e. The number of nitrogens with two attached hydrogens (primary N) is 1. The lowest BCUT2D eigenvalue weighted by Crippen LogP contribution is -2.52. The van der Waals surface area contributed by atoms with Gasteiger partial charge >= 0.3 is 11.8 Å². The highest BCUT2D eigenvalue weighted by molar-refractivity contribution is 5.88. The van der Waals surface area contributed by atoms with Crippen molar-refractivity contribution in [2.75, 3.05) is 12.4 Å². The number of primary amides is 1. The second kappa shape index (κ2) is 10.4. The lowest BCUT2D eigenvalue weighted by Gasteiger charge is -2.38. The van der Waals surface area contributed by atoms with E-state index in [0.717, 1.165) is 6.42 Å². The van der Waals surface area contributed by atoms with Gasteiger partial charge in [-0.1, -0.05) is 0 Å². The third-order valence-electron chi connectivity index (χ3n) is 8.25. The van der Waals surface area contributed by atoms with Crippen molar-refractivity contribution in [1.82, 2.24) is 34.2 Å². The van der Waals surface area contributed by atoms with Crippen LogP contribution in [0, 0.1) is 0 Å². The molecule has 2 aliphatic rings. The number of nitrogens with zero attached hydrogens (tertiary/aromatic N) is 6. The molecule has 3 atom stereocenters. The maximum atomic E-state index is 13.6. The van der Waals surface area contributed by atoms with Gasteiger partial charge in [-0.25, -0.2) is 24.2 Å². The zero-order valence-corrected chi connectivity index (χ0v) is 23.3. The lowest BCUT2D eigenvalue weighted by atomic mass is 9.76. The van der Waals surface area contributed by atoms with Gasteiger partial charge in [-0.05, 0) is 57.6 Å². The number of fused-ring (bicyclic) bond motifs is 2. The van der Waals surface area contributed by atoms with E-state index >= 15 is 0 Å². The molecule has 0 aromatic carbocycles. The quantitative estimate of drug-likeness (QED) is 0.241. The Bertz CT molecular complexity index is 1910. The molecular weight excluding hydrogens is 542 g/mol. The van der Waals surface area contributed by atoms with Crippen LogP contribution in [-0.2, 0) is 28.5 Å². The van der Waals surface area contributed by atoms with Gasteiger partial charge in [0.25, 0.3) is 0 Å². The van der Waals surface area contributed by atoms with Crippen molar-refractivity contribution in [3.05, 3.63) is 40.6 Å². The van der Waals surface area contributed by atoms with Crippen LogP contribution in [-0.4, -0.2) is 65.2 Å². The summed E-state index contributed by atoms with van der Waals surface area (Å²) in [5.74, 6) is 0.0730. The Kier molecular flexibility index (Phi) is 5.74. The van der Waals surface area contributed by atoms with E-state index < -0.39 is 48.4 Å². The van der Waals surface area contributed by atoms with Crippen LogP contribution in [0.25, 0.3) is 22.1 Å². The second-order valence-corrected chi connectivity index (χ2v) is 11.0. The van der Waals surface area contributed by atoms with Crippen molar-refractivity contribution in [1.29, 1.82) is 0 Å². The van der Waals surface area contributed by atoms with Crippen LogP contribution in [0.1, 0.15) is 62.7 Å². The van der Waals surface area contributed by atoms with E-state index in [1.165, 1.54) is 23.9 Å². The smallest absolute Gasteiger partial charge is 0.407 e. The number of imidazole rings is 1. The third-order valence-corrected chi connectivity index (χ3v) is 8.25. The van der Waals surface area contributed by atoms with Gasteiger partial charge in [-0.3, -0.25) is 13.9 Å². The molecular formula is C28H35N9O5. The third kappa shape index (κ3) is 4.55. The van der Waals surface area contributed by atoms with Gasteiger partial charge in [0.15, 0.2) is 5.65 Å². The van der Waals surface area contributed by atoms with Gasteiger partial charge in [0.1, 0.15) is 17.2 Å². The molecule has 1 unspecified atom stereocenters. The minimum Gasteiger partial charge on any atom is -0.453 e. The molecule has 0 aliphatic heterocycles. The first kappa shape index (κ1) is 23.1. The van der Waals surface area contributed by atoms with E-state index in [2.05, 4.69) is 25.5 Å². The first-order chi connectivity index (χ1) is 21.7. The summed E-state index contributed by atoms with van der Waals surface area (Å²) in [6.07, 6.45) is 2.51. The Morgan fingerprint density at radius 1 is 1.31 bits per heavy atom. The monoisotopic (exact) mass is 581 g/mol. The average molecular weight is 582 g/mol. The number of aromatic nitrogens is 6. The molecule has 4 aromatic heterocycles. The Labute approximate surface area is 246 Å². The van der Waals surface area contributed by atoms with E-state index in [-0.39, 0.29) is 36.1 Å². The first-order valence-electron chi connectivity index (χ1n) is 15.8. The number of rotatable bonds is 8. The number of anilines is 2. The highest BCUT2D eigenvalue weighted by atomic mass is 16.5. The Morgan fingerprint density at radius 2 is 2.12 bits per heavy atom. The summed E-state index contributed by atoms with van der Waals surface area (Å²) in [6.45, 7) is -1.15. The molecule has 14 nitrogen and oxygen atoms in total. The number of carbonyl (C=O) groups excluding carboxylic acids is 2. The number of ether oxygens (including phenoxy) is 1. The fourth-order valence-corrected chi connectivity index (χ4v) is 5.96. The molecule has 5 N–H and O–H groups in total. The molecule has 14 heteroatoms. The predicted octanol–water partition coefficient (Wildman–Crippen LogP) is 1.96. The molecule has 4 aromatic rings. The van der Waals surface area contributed by atoms with E-state index in [4.69, 9.17) is 16.2 Å². The number of aliphatic hydroxyl groups excluding tert-OH is 1. The number of carbonyl (C=O) groups is 2. The Hall–Kier alpha value is -4.46. The first-order valence-corrected chi connectivity index (χ1v) is 13.8. The van der Waals surface area contributed by atoms with Gasteiger partial charge in [0, 0.05) is 41.0 Å². The summed E-state index contributed by atoms with van der Waals surface area (Å²) in [7, 11) is 1.19. The summed E-state index contributed by atoms with van der Waals surface area (Å²) in [5.41, 5.74) is 5.36. The van der Waals surface area contributed by atoms with Crippen LogP contribution in [0.5, 0.6) is 0 Å². The number of aliphatic hydroxyl groups is 1. The summed E-state index contributed by atoms with van der Waals surface area (Å²) in [4.78, 5) is 47.1. The standard InChI is InChI=1S/C28H35N9O5/c1-15(38)11-19-18-7-8-22(33-24(18)37(34-19)28(25(29)39)9-4-10-28)32-23-13-20-21(14-30-23)35(2)27(41)36(20)17-6-5-16(12-17)31-26(40)42-3/h7-8,13-17,38H,4-6,9-12H2,1-3H3,(H2,29,39)(H,31,40)(H,30,32,33)/t15?,16-,17-/m1/s1/i2D3,16D. The molecule has 2 amide bonds. The summed E-state index contributed by atoms with van der Waals surface area (Å²) in [5, 5.41) is 21.0. The van der Waals surface area contributed by atoms with Crippen LogP contribution in [0.4, 0.5) is 16.4 Å². The molecule has 2 aliphatic carbocycles. The number of nitrogens with one attached hydrogen (secondary N) is 2. The van der Waals surface area contributed by atoms with Crippen molar-refractivity contribution in [3.63, 3.8) is 0 Å². The highest BCUT2D eigenvalue weighted by Crippen LogP contribution is 2.41. The van der Waals surface area contributed by atoms with E-state index in [1.54, 1.807) is 23.7 Å². The minimum atomic E-state index is -2.80. The molecule has 6 rings (SSSR count). The van der Waals surface area contributed by atoms with Gasteiger partial charge < -0.3 is 26.2 Å². The molecule has 222 valence electrons. The fourth-order valence-electron chi connectivity index (χ4n) is 5.96. The van der Waals surface area contributed by atoms with Crippen molar-refractivity contribution >= 4 is 45.7 Å². The Balaban J connectivity index is 1.41. The molecule has 0 spiro atoms. The second-order valence-electron chi connectivity index (χ2n) is 11.0. The van der Waals surface area contributed by atoms with Gasteiger partial charge in [0.2, 0.25) is 5.91 Å². The zero-order chi connectivity index (χ0) is 33.2. The summed E-state index contributed by atoms with van der Waals surface area (Å²) >= 11 is 0. The highest BCUT2D eigenvalue weighted by Gasteiger charge is 2.47. The number of amides is 2. The molecule has 4 heterocycles. The molecule has 0 saturated heterocycles. The van der Waals surface area contributed by atoms with Crippen LogP contribution in [0.3, 0.4) is 0 Å². The number of aryl methyl sites for hydroxylation is 1. The number of hydrogen-bond acceptors (Lipinski definition) is 9. The predicted molar refractivity (Wildman–Crippen MR) is 154 cm³/mol. The SMILES string of the molecule is [2H]C([2H])([2H])n1c(=O)n([C@@H]2CC[C@@]([2H])(NC(=O)OC)C2)c2cc(Nc3ccc4c(CC(C)O)nn(C5(C(N)=O)CCC5)c4n3)ncc21. The fraction of sp³-hybridized carbons (Fsp3) is 0.500. The zero-order valence-electron chi connectivity index (χ0n) is 27.3. The molecule has 0 radical (unpaired) electrons. The van der Waals surface area contributed by atoms with Crippen LogP contribution in [0.2, 0.25) is 0 Å². The maximum Gasteiger partial charge on any atom is 0.407 e. The van der Waals surface area contributed by atoms with Crippen LogP contribution < -0.4 is 22.1 Å². The Morgan fingerprint density at radius 3 is 2.79 bits per heavy atom. The number of hydrogen-bond donors (Lipinski definition) is 4. The van der Waals surface area contributed by atoms with Crippen molar-refractivity contribution in [2.24, 2.45) is 12.7 Å². The number of methoxy groups -OCH3 is 1. The lowest BCUT2D eigenvalue weighted by molar-refractivity contribution is -0.131. The normalized spacial score (nSPS) is 23.8. The molecule has 2 fully saturated rings. The summed E-state index contributed by atoms with van der Waals surface area (Å²) in [6, 6.07) is 3.01. The van der Waals surface area contributed by atoms with Crippen LogP contribution >= 0.6 is 0 Å².